The largest absolute Gasteiger partial charge is 0.316 e. The topological polar surface area (TPSA) is 29.1 Å². The van der Waals surface area contributed by atoms with Crippen molar-refractivity contribution in [2.24, 2.45) is 0 Å². The third-order valence-corrected chi connectivity index (χ3v) is 3.55. The molecule has 1 N–H and O–H groups in total. The number of allylic oxidation sites excluding steroid dienone is 1. The number of hydrogen-bond acceptors (Lipinski definition) is 2. The average Bonchev–Trinajstić information content (AvgIpc) is 2.55. The van der Waals surface area contributed by atoms with Gasteiger partial charge in [-0.2, -0.15) is 0 Å². The van der Waals surface area contributed by atoms with Crippen molar-refractivity contribution in [3.63, 3.8) is 0 Å². The Morgan fingerprint density at radius 2 is 1.62 bits per heavy atom. The summed E-state index contributed by atoms with van der Waals surface area (Å²) in [5.74, 6) is 0.0112. The first-order valence-corrected chi connectivity index (χ1v) is 7.21. The second kappa shape index (κ2) is 7.55. The second-order valence-corrected chi connectivity index (χ2v) is 5.10. The standard InChI is InChI=1S/C19H21NO/c1-15(16-9-5-3-6-10-16)19(21)13-18(14-20-2)17-11-7-4-8-12-17/h3-13,15,20H,14H2,1-2H3. The summed E-state index contributed by atoms with van der Waals surface area (Å²) in [6, 6.07) is 19.9. The Labute approximate surface area is 126 Å². The number of likely N-dealkylation sites (N-methyl/N-ethyl adjacent to an activating group) is 1. The quantitative estimate of drug-likeness (QED) is 0.818. The molecule has 0 bridgehead atoms. The number of carbonyl (C=O) groups excluding carboxylic acids is 1. The van der Waals surface area contributed by atoms with E-state index in [9.17, 15) is 4.79 Å². The van der Waals surface area contributed by atoms with Crippen LogP contribution in [-0.2, 0) is 4.79 Å². The van der Waals surface area contributed by atoms with E-state index >= 15 is 0 Å². The summed E-state index contributed by atoms with van der Waals surface area (Å²) < 4.78 is 0. The van der Waals surface area contributed by atoms with E-state index in [0.29, 0.717) is 6.54 Å². The lowest BCUT2D eigenvalue weighted by Crippen LogP contribution is -2.13. The van der Waals surface area contributed by atoms with Gasteiger partial charge in [-0.15, -0.1) is 0 Å². The average molecular weight is 279 g/mol. The molecule has 0 saturated carbocycles. The smallest absolute Gasteiger partial charge is 0.163 e. The zero-order valence-electron chi connectivity index (χ0n) is 12.5. The summed E-state index contributed by atoms with van der Waals surface area (Å²) in [4.78, 5) is 12.5. The molecular formula is C19H21NO. The number of rotatable bonds is 6. The summed E-state index contributed by atoms with van der Waals surface area (Å²) in [6.45, 7) is 2.63. The van der Waals surface area contributed by atoms with Gasteiger partial charge in [-0.25, -0.2) is 0 Å². The van der Waals surface area contributed by atoms with Crippen molar-refractivity contribution in [3.05, 3.63) is 77.9 Å². The zero-order chi connectivity index (χ0) is 15.1. The molecule has 2 aromatic carbocycles. The molecule has 2 heteroatoms. The minimum atomic E-state index is -0.123. The predicted molar refractivity (Wildman–Crippen MR) is 88.2 cm³/mol. The Morgan fingerprint density at radius 1 is 1.05 bits per heavy atom. The lowest BCUT2D eigenvalue weighted by Gasteiger charge is -2.11. The van der Waals surface area contributed by atoms with E-state index in [1.807, 2.05) is 74.6 Å². The van der Waals surface area contributed by atoms with Crippen molar-refractivity contribution in [2.75, 3.05) is 13.6 Å². The number of nitrogens with one attached hydrogen (secondary N) is 1. The number of benzene rings is 2. The molecule has 0 saturated heterocycles. The van der Waals surface area contributed by atoms with Crippen molar-refractivity contribution < 1.29 is 4.79 Å². The van der Waals surface area contributed by atoms with Gasteiger partial charge in [0.1, 0.15) is 0 Å². The first kappa shape index (κ1) is 15.2. The fourth-order valence-corrected chi connectivity index (χ4v) is 2.28. The number of ketones is 1. The fourth-order valence-electron chi connectivity index (χ4n) is 2.28. The lowest BCUT2D eigenvalue weighted by molar-refractivity contribution is -0.115. The summed E-state index contributed by atoms with van der Waals surface area (Å²) in [6.07, 6.45) is 1.77. The molecule has 2 nitrogen and oxygen atoms in total. The van der Waals surface area contributed by atoms with Gasteiger partial charge in [0, 0.05) is 12.5 Å². The van der Waals surface area contributed by atoms with Crippen LogP contribution in [0.1, 0.15) is 24.0 Å². The van der Waals surface area contributed by atoms with Crippen molar-refractivity contribution in [1.82, 2.24) is 5.32 Å². The van der Waals surface area contributed by atoms with E-state index < -0.39 is 0 Å². The van der Waals surface area contributed by atoms with Gasteiger partial charge in [-0.3, -0.25) is 4.79 Å². The van der Waals surface area contributed by atoms with E-state index in [4.69, 9.17) is 0 Å². The maximum absolute atomic E-state index is 12.5. The molecule has 0 aliphatic heterocycles. The monoisotopic (exact) mass is 279 g/mol. The Balaban J connectivity index is 2.24. The van der Waals surface area contributed by atoms with Gasteiger partial charge in [0.25, 0.3) is 0 Å². The molecule has 0 amide bonds. The maximum Gasteiger partial charge on any atom is 0.163 e. The first-order valence-electron chi connectivity index (χ1n) is 7.21. The van der Waals surface area contributed by atoms with E-state index in [2.05, 4.69) is 5.32 Å². The highest BCUT2D eigenvalue weighted by Gasteiger charge is 2.14. The molecule has 0 aromatic heterocycles. The van der Waals surface area contributed by atoms with Crippen LogP contribution in [0, 0.1) is 0 Å². The van der Waals surface area contributed by atoms with Crippen molar-refractivity contribution >= 4 is 11.4 Å². The van der Waals surface area contributed by atoms with Crippen LogP contribution in [0.3, 0.4) is 0 Å². The van der Waals surface area contributed by atoms with Gasteiger partial charge >= 0.3 is 0 Å². The molecule has 1 atom stereocenters. The third-order valence-electron chi connectivity index (χ3n) is 3.55. The molecule has 21 heavy (non-hydrogen) atoms. The van der Waals surface area contributed by atoms with Crippen molar-refractivity contribution in [3.8, 4) is 0 Å². The van der Waals surface area contributed by atoms with Crippen molar-refractivity contribution in [1.29, 1.82) is 0 Å². The van der Waals surface area contributed by atoms with E-state index in [1.54, 1.807) is 6.08 Å². The van der Waals surface area contributed by atoms with Crippen LogP contribution in [0.2, 0.25) is 0 Å². The number of carbonyl (C=O) groups is 1. The van der Waals surface area contributed by atoms with E-state index in [1.165, 1.54) is 0 Å². The molecule has 2 rings (SSSR count). The Hall–Kier alpha value is -2.19. The summed E-state index contributed by atoms with van der Waals surface area (Å²) in [5.41, 5.74) is 3.15. The Kier molecular flexibility index (Phi) is 5.47. The normalized spacial score (nSPS) is 13.0. The van der Waals surface area contributed by atoms with E-state index in [0.717, 1.165) is 16.7 Å². The van der Waals surface area contributed by atoms with Gasteiger partial charge in [0.15, 0.2) is 5.78 Å². The molecule has 1 unspecified atom stereocenters. The van der Waals surface area contributed by atoms with Crippen LogP contribution in [-0.4, -0.2) is 19.4 Å². The number of hydrogen-bond donors (Lipinski definition) is 1. The third kappa shape index (κ3) is 4.14. The highest BCUT2D eigenvalue weighted by atomic mass is 16.1. The summed E-state index contributed by atoms with van der Waals surface area (Å²) in [7, 11) is 1.89. The Bertz CT molecular complexity index is 602. The molecule has 0 aliphatic rings. The molecule has 0 spiro atoms. The molecule has 0 aliphatic carbocycles. The predicted octanol–water partition coefficient (Wildman–Crippen LogP) is 3.66. The zero-order valence-corrected chi connectivity index (χ0v) is 12.5. The van der Waals surface area contributed by atoms with Crippen LogP contribution < -0.4 is 5.32 Å². The second-order valence-electron chi connectivity index (χ2n) is 5.10. The van der Waals surface area contributed by atoms with Gasteiger partial charge in [-0.05, 0) is 29.8 Å². The Morgan fingerprint density at radius 3 is 2.19 bits per heavy atom. The van der Waals surface area contributed by atoms with Gasteiger partial charge in [-0.1, -0.05) is 67.6 Å². The highest BCUT2D eigenvalue weighted by Crippen LogP contribution is 2.20. The summed E-state index contributed by atoms with van der Waals surface area (Å²) >= 11 is 0. The van der Waals surface area contributed by atoms with Gasteiger partial charge in [0.2, 0.25) is 0 Å². The molecule has 0 heterocycles. The van der Waals surface area contributed by atoms with Crippen molar-refractivity contribution in [2.45, 2.75) is 12.8 Å². The van der Waals surface area contributed by atoms with Crippen LogP contribution in [0.15, 0.2) is 66.7 Å². The fraction of sp³-hybridized carbons (Fsp3) is 0.211. The maximum atomic E-state index is 12.5. The SMILES string of the molecule is CNCC(=CC(=O)C(C)c1ccccc1)c1ccccc1. The van der Waals surface area contributed by atoms with E-state index in [-0.39, 0.29) is 11.7 Å². The minimum absolute atomic E-state index is 0.123. The molecule has 0 fully saturated rings. The molecule has 0 radical (unpaired) electrons. The van der Waals surface area contributed by atoms with Crippen LogP contribution in [0.25, 0.3) is 5.57 Å². The van der Waals surface area contributed by atoms with Gasteiger partial charge < -0.3 is 5.32 Å². The molecular weight excluding hydrogens is 258 g/mol. The molecule has 108 valence electrons. The highest BCUT2D eigenvalue weighted by molar-refractivity contribution is 6.01. The first-order chi connectivity index (χ1) is 10.2. The van der Waals surface area contributed by atoms with Crippen LogP contribution in [0.5, 0.6) is 0 Å². The van der Waals surface area contributed by atoms with Crippen LogP contribution in [0.4, 0.5) is 0 Å². The summed E-state index contributed by atoms with van der Waals surface area (Å²) in [5, 5.41) is 3.13. The minimum Gasteiger partial charge on any atom is -0.316 e. The van der Waals surface area contributed by atoms with Crippen LogP contribution >= 0.6 is 0 Å². The lowest BCUT2D eigenvalue weighted by atomic mass is 9.94. The molecule has 2 aromatic rings. The van der Waals surface area contributed by atoms with Gasteiger partial charge in [0.05, 0.1) is 0 Å².